The van der Waals surface area contributed by atoms with E-state index in [1.807, 2.05) is 17.3 Å². The fourth-order valence-corrected chi connectivity index (χ4v) is 4.17. The maximum absolute atomic E-state index is 4.78. The Hall–Kier alpha value is -4.52. The standard InChI is InChI=1S/C24H15N7/c1-3-16(9-19-14(1)5-7-25-19)21-11-18-12-22(17-4-2-15-6-8-26-20(15)10-17)30-24-28-13-27-23(29-21)31(18)24/h1-13,25-26H. The van der Waals surface area contributed by atoms with Crippen molar-refractivity contribution in [3.05, 3.63) is 89.9 Å². The van der Waals surface area contributed by atoms with Gasteiger partial charge in [-0.15, -0.1) is 0 Å². The Kier molecular flexibility index (Phi) is 3.15. The minimum atomic E-state index is 0.572. The quantitative estimate of drug-likeness (QED) is 0.511. The van der Waals surface area contributed by atoms with E-state index in [4.69, 9.17) is 9.98 Å². The molecule has 2 aromatic carbocycles. The van der Waals surface area contributed by atoms with Gasteiger partial charge in [-0.2, -0.15) is 0 Å². The number of hydrogen-bond acceptors (Lipinski definition) is 5. The second-order valence-corrected chi connectivity index (χ2v) is 7.58. The third-order valence-corrected chi connectivity index (χ3v) is 5.72. The van der Waals surface area contributed by atoms with Crippen LogP contribution in [0.15, 0.2) is 98.7 Å². The van der Waals surface area contributed by atoms with Crippen LogP contribution in [0.5, 0.6) is 0 Å². The lowest BCUT2D eigenvalue weighted by Gasteiger charge is -2.31. The topological polar surface area (TPSA) is 84.3 Å². The summed E-state index contributed by atoms with van der Waals surface area (Å²) in [6.07, 6.45) is 9.52. The molecule has 3 aliphatic rings. The van der Waals surface area contributed by atoms with Crippen LogP contribution in [0.25, 0.3) is 27.5 Å². The van der Waals surface area contributed by atoms with Crippen molar-refractivity contribution in [3.8, 4) is 0 Å². The Bertz CT molecular complexity index is 1510. The van der Waals surface area contributed by atoms with Crippen molar-refractivity contribution in [2.75, 3.05) is 0 Å². The summed E-state index contributed by atoms with van der Waals surface area (Å²) in [5, 5.41) is 2.34. The van der Waals surface area contributed by atoms with Crippen molar-refractivity contribution < 1.29 is 0 Å². The summed E-state index contributed by atoms with van der Waals surface area (Å²) in [5.41, 5.74) is 6.86. The molecule has 2 aromatic heterocycles. The van der Waals surface area contributed by atoms with E-state index >= 15 is 0 Å². The number of nitrogens with one attached hydrogen (secondary N) is 2. The molecule has 7 heteroatoms. The molecule has 2 N–H and O–H groups in total. The lowest BCUT2D eigenvalue weighted by atomic mass is 10.0. The molecule has 31 heavy (non-hydrogen) atoms. The summed E-state index contributed by atoms with van der Waals surface area (Å²) in [6, 6.07) is 16.7. The highest BCUT2D eigenvalue weighted by molar-refractivity contribution is 6.23. The van der Waals surface area contributed by atoms with Gasteiger partial charge < -0.3 is 9.97 Å². The van der Waals surface area contributed by atoms with Crippen molar-refractivity contribution in [1.29, 1.82) is 0 Å². The number of benzene rings is 2. The number of fused-ring (bicyclic) bond motifs is 2. The van der Waals surface area contributed by atoms with Crippen molar-refractivity contribution >= 4 is 51.5 Å². The van der Waals surface area contributed by atoms with Crippen LogP contribution in [0.4, 0.5) is 0 Å². The molecule has 5 heterocycles. The van der Waals surface area contributed by atoms with Gasteiger partial charge in [0.05, 0.1) is 17.1 Å². The predicted molar refractivity (Wildman–Crippen MR) is 124 cm³/mol. The minimum Gasteiger partial charge on any atom is -0.361 e. The van der Waals surface area contributed by atoms with E-state index in [0.29, 0.717) is 11.9 Å². The molecule has 0 saturated heterocycles. The molecular weight excluding hydrogens is 386 g/mol. The van der Waals surface area contributed by atoms with Crippen molar-refractivity contribution in [1.82, 2.24) is 14.9 Å². The molecule has 0 saturated carbocycles. The first-order valence-electron chi connectivity index (χ1n) is 9.98. The summed E-state index contributed by atoms with van der Waals surface area (Å²) in [4.78, 5) is 26.8. The smallest absolute Gasteiger partial charge is 0.239 e. The molecule has 7 rings (SSSR count). The normalized spacial score (nSPS) is 17.2. The third kappa shape index (κ3) is 2.47. The van der Waals surface area contributed by atoms with Crippen LogP contribution in [0.1, 0.15) is 11.1 Å². The highest BCUT2D eigenvalue weighted by Crippen LogP contribution is 2.31. The molecule has 0 radical (unpaired) electrons. The maximum Gasteiger partial charge on any atom is 0.239 e. The first-order valence-corrected chi connectivity index (χ1v) is 9.98. The predicted octanol–water partition coefficient (Wildman–Crippen LogP) is 4.45. The highest BCUT2D eigenvalue weighted by atomic mass is 15.4. The summed E-state index contributed by atoms with van der Waals surface area (Å²) in [6.45, 7) is 0. The van der Waals surface area contributed by atoms with Crippen molar-refractivity contribution in [3.63, 3.8) is 0 Å². The molecule has 0 atom stereocenters. The van der Waals surface area contributed by atoms with Gasteiger partial charge in [0, 0.05) is 34.6 Å². The summed E-state index contributed by atoms with van der Waals surface area (Å²) >= 11 is 0. The van der Waals surface area contributed by atoms with Crippen LogP contribution in [-0.4, -0.2) is 38.8 Å². The van der Waals surface area contributed by atoms with Gasteiger partial charge >= 0.3 is 0 Å². The fraction of sp³-hybridized carbons (Fsp3) is 0. The van der Waals surface area contributed by atoms with E-state index in [0.717, 1.165) is 39.3 Å². The second-order valence-electron chi connectivity index (χ2n) is 7.58. The number of allylic oxidation sites excluding steroid dienone is 2. The molecule has 146 valence electrons. The molecule has 0 spiro atoms. The molecule has 0 amide bonds. The van der Waals surface area contributed by atoms with Crippen molar-refractivity contribution in [2.24, 2.45) is 20.0 Å². The number of aliphatic imine (C=N–C) groups is 4. The number of H-pyrrole nitrogens is 2. The Morgan fingerprint density at radius 3 is 2.26 bits per heavy atom. The zero-order valence-corrected chi connectivity index (χ0v) is 16.2. The third-order valence-electron chi connectivity index (χ3n) is 5.72. The van der Waals surface area contributed by atoms with Crippen LogP contribution >= 0.6 is 0 Å². The van der Waals surface area contributed by atoms with Crippen LogP contribution in [0.3, 0.4) is 0 Å². The number of aromatic nitrogens is 2. The monoisotopic (exact) mass is 401 g/mol. The average Bonchev–Trinajstić information content (AvgIpc) is 3.47. The van der Waals surface area contributed by atoms with Gasteiger partial charge in [0.2, 0.25) is 11.9 Å². The van der Waals surface area contributed by atoms with Gasteiger partial charge in [0.15, 0.2) is 0 Å². The zero-order chi connectivity index (χ0) is 20.4. The number of nitrogens with zero attached hydrogens (tertiary/aromatic N) is 5. The Morgan fingerprint density at radius 1 is 0.710 bits per heavy atom. The summed E-state index contributed by atoms with van der Waals surface area (Å²) in [7, 11) is 0. The SMILES string of the molecule is C1=NC2=NC(c3ccc4cc[nH]c4c3)=CC3=CC(c4ccc5cc[nH]c5c4)=NC(=N1)N32. The first kappa shape index (κ1) is 16.3. The summed E-state index contributed by atoms with van der Waals surface area (Å²) < 4.78 is 0. The van der Waals surface area contributed by atoms with Crippen LogP contribution in [0.2, 0.25) is 0 Å². The van der Waals surface area contributed by atoms with Gasteiger partial charge in [-0.1, -0.05) is 24.3 Å². The van der Waals surface area contributed by atoms with Crippen LogP contribution in [0, 0.1) is 0 Å². The van der Waals surface area contributed by atoms with E-state index in [1.54, 1.807) is 0 Å². The van der Waals surface area contributed by atoms with Crippen molar-refractivity contribution in [2.45, 2.75) is 0 Å². The maximum atomic E-state index is 4.78. The number of guanidine groups is 2. The zero-order valence-electron chi connectivity index (χ0n) is 16.2. The van der Waals surface area contributed by atoms with E-state index < -0.39 is 0 Å². The van der Waals surface area contributed by atoms with Gasteiger partial charge in [-0.25, -0.2) is 24.9 Å². The van der Waals surface area contributed by atoms with Gasteiger partial charge in [-0.3, -0.25) is 0 Å². The van der Waals surface area contributed by atoms with Crippen LogP contribution < -0.4 is 0 Å². The average molecular weight is 401 g/mol. The molecular formula is C24H15N7. The molecule has 0 bridgehead atoms. The summed E-state index contributed by atoms with van der Waals surface area (Å²) in [5.74, 6) is 1.14. The Balaban J connectivity index is 1.38. The lowest BCUT2D eigenvalue weighted by Crippen LogP contribution is -2.40. The van der Waals surface area contributed by atoms with Gasteiger partial charge in [0.25, 0.3) is 0 Å². The molecule has 0 fully saturated rings. The number of hydrogen-bond donors (Lipinski definition) is 2. The first-order chi connectivity index (χ1) is 15.3. The second kappa shape index (κ2) is 5.99. The van der Waals surface area contributed by atoms with Gasteiger partial charge in [-0.05, 0) is 47.2 Å². The van der Waals surface area contributed by atoms with E-state index in [-0.39, 0.29) is 0 Å². The Morgan fingerprint density at radius 2 is 1.45 bits per heavy atom. The minimum absolute atomic E-state index is 0.572. The fourth-order valence-electron chi connectivity index (χ4n) is 4.17. The highest BCUT2D eigenvalue weighted by Gasteiger charge is 2.30. The van der Waals surface area contributed by atoms with Crippen LogP contribution in [-0.2, 0) is 0 Å². The van der Waals surface area contributed by atoms with E-state index in [9.17, 15) is 0 Å². The number of rotatable bonds is 2. The number of aromatic amines is 2. The van der Waals surface area contributed by atoms with E-state index in [2.05, 4.69) is 80.6 Å². The molecule has 0 aliphatic carbocycles. The largest absolute Gasteiger partial charge is 0.361 e. The Labute approximate surface area is 176 Å². The molecule has 7 nitrogen and oxygen atoms in total. The van der Waals surface area contributed by atoms with Gasteiger partial charge in [0.1, 0.15) is 6.34 Å². The molecule has 0 unspecified atom stereocenters. The molecule has 3 aliphatic heterocycles. The lowest BCUT2D eigenvalue weighted by molar-refractivity contribution is 0.738. The van der Waals surface area contributed by atoms with E-state index in [1.165, 1.54) is 17.1 Å². The molecule has 4 aromatic rings.